The van der Waals surface area contributed by atoms with Crippen LogP contribution in [0.5, 0.6) is 0 Å². The van der Waals surface area contributed by atoms with E-state index in [-0.39, 0.29) is 16.5 Å². The number of carbonyl (C=O) groups excluding carboxylic acids is 1. The normalized spacial score (nSPS) is 10.3. The minimum atomic E-state index is -0.470. The summed E-state index contributed by atoms with van der Waals surface area (Å²) < 4.78 is 12.9. The summed E-state index contributed by atoms with van der Waals surface area (Å²) in [6.07, 6.45) is 0. The first-order valence-corrected chi connectivity index (χ1v) is 7.01. The van der Waals surface area contributed by atoms with Crippen molar-refractivity contribution in [3.8, 4) is 0 Å². The van der Waals surface area contributed by atoms with Crippen molar-refractivity contribution in [3.63, 3.8) is 0 Å². The molecule has 0 unspecified atom stereocenters. The zero-order chi connectivity index (χ0) is 13.8. The summed E-state index contributed by atoms with van der Waals surface area (Å²) in [5, 5.41) is 3.52. The number of rotatable bonds is 3. The third-order valence-corrected chi connectivity index (χ3v) is 3.48. The van der Waals surface area contributed by atoms with Crippen molar-refractivity contribution in [2.75, 3.05) is 5.32 Å². The maximum atomic E-state index is 12.9. The number of nitrogens with one attached hydrogen (secondary N) is 1. The molecule has 0 spiro atoms. The van der Waals surface area contributed by atoms with Crippen LogP contribution in [0.3, 0.4) is 0 Å². The standard InChI is InChI=1S/C14H10BrClFNO/c15-8-9-2-1-3-11(6-9)18-14(19)12-5-4-10(17)7-13(12)16/h1-7H,8H2,(H,18,19). The van der Waals surface area contributed by atoms with E-state index in [1.165, 1.54) is 12.1 Å². The van der Waals surface area contributed by atoms with Gasteiger partial charge in [0.1, 0.15) is 5.82 Å². The van der Waals surface area contributed by atoms with Crippen LogP contribution in [0.2, 0.25) is 5.02 Å². The van der Waals surface area contributed by atoms with E-state index in [0.29, 0.717) is 11.0 Å². The minimum absolute atomic E-state index is 0.0918. The van der Waals surface area contributed by atoms with E-state index >= 15 is 0 Å². The number of benzene rings is 2. The maximum absolute atomic E-state index is 12.9. The number of hydrogen-bond acceptors (Lipinski definition) is 1. The monoisotopic (exact) mass is 341 g/mol. The van der Waals surface area contributed by atoms with Crippen LogP contribution in [0.25, 0.3) is 0 Å². The van der Waals surface area contributed by atoms with Gasteiger partial charge in [0.2, 0.25) is 0 Å². The van der Waals surface area contributed by atoms with Crippen LogP contribution in [0.4, 0.5) is 10.1 Å². The first-order valence-electron chi connectivity index (χ1n) is 5.51. The Labute approximate surface area is 123 Å². The first kappa shape index (κ1) is 14.0. The lowest BCUT2D eigenvalue weighted by molar-refractivity contribution is 0.102. The Hall–Kier alpha value is -1.39. The minimum Gasteiger partial charge on any atom is -0.322 e. The van der Waals surface area contributed by atoms with Crippen LogP contribution in [0.1, 0.15) is 15.9 Å². The van der Waals surface area contributed by atoms with Gasteiger partial charge in [0, 0.05) is 11.0 Å². The highest BCUT2D eigenvalue weighted by atomic mass is 79.9. The molecule has 1 N–H and O–H groups in total. The smallest absolute Gasteiger partial charge is 0.257 e. The Morgan fingerprint density at radius 1 is 1.26 bits per heavy atom. The van der Waals surface area contributed by atoms with Crippen LogP contribution in [-0.4, -0.2) is 5.91 Å². The van der Waals surface area contributed by atoms with Crippen LogP contribution in [0.15, 0.2) is 42.5 Å². The van der Waals surface area contributed by atoms with E-state index in [2.05, 4.69) is 21.2 Å². The van der Waals surface area contributed by atoms with Crippen molar-refractivity contribution in [2.24, 2.45) is 0 Å². The van der Waals surface area contributed by atoms with Gasteiger partial charge in [-0.05, 0) is 35.9 Å². The van der Waals surface area contributed by atoms with Gasteiger partial charge in [0.15, 0.2) is 0 Å². The van der Waals surface area contributed by atoms with E-state index in [4.69, 9.17) is 11.6 Å². The molecule has 5 heteroatoms. The molecule has 0 atom stereocenters. The second-order valence-electron chi connectivity index (χ2n) is 3.91. The molecule has 0 saturated heterocycles. The first-order chi connectivity index (χ1) is 9.10. The summed E-state index contributed by atoms with van der Waals surface area (Å²) in [6, 6.07) is 11.1. The highest BCUT2D eigenvalue weighted by molar-refractivity contribution is 9.08. The molecule has 2 rings (SSSR count). The molecule has 0 aromatic heterocycles. The number of alkyl halides is 1. The molecule has 0 fully saturated rings. The Bertz CT molecular complexity index is 618. The van der Waals surface area contributed by atoms with Crippen LogP contribution in [-0.2, 0) is 5.33 Å². The van der Waals surface area contributed by atoms with Gasteiger partial charge in [-0.3, -0.25) is 4.79 Å². The highest BCUT2D eigenvalue weighted by Crippen LogP contribution is 2.20. The number of halogens is 3. The number of anilines is 1. The molecule has 0 bridgehead atoms. The van der Waals surface area contributed by atoms with Crippen molar-refractivity contribution < 1.29 is 9.18 Å². The Kier molecular flexibility index (Phi) is 4.56. The van der Waals surface area contributed by atoms with Gasteiger partial charge >= 0.3 is 0 Å². The predicted molar refractivity (Wildman–Crippen MR) is 78.4 cm³/mol. The average Bonchev–Trinajstić information content (AvgIpc) is 2.38. The van der Waals surface area contributed by atoms with E-state index in [1.54, 1.807) is 6.07 Å². The zero-order valence-electron chi connectivity index (χ0n) is 9.79. The van der Waals surface area contributed by atoms with Gasteiger partial charge in [0.05, 0.1) is 10.6 Å². The van der Waals surface area contributed by atoms with E-state index < -0.39 is 5.82 Å². The van der Waals surface area contributed by atoms with Crippen LogP contribution < -0.4 is 5.32 Å². The van der Waals surface area contributed by atoms with E-state index in [9.17, 15) is 9.18 Å². The Morgan fingerprint density at radius 3 is 2.74 bits per heavy atom. The molecular weight excluding hydrogens is 333 g/mol. The summed E-state index contributed by atoms with van der Waals surface area (Å²) in [5.41, 5.74) is 1.96. The fourth-order valence-electron chi connectivity index (χ4n) is 1.60. The Morgan fingerprint density at radius 2 is 2.05 bits per heavy atom. The average molecular weight is 343 g/mol. The van der Waals surface area contributed by atoms with Gasteiger partial charge < -0.3 is 5.32 Å². The molecule has 2 aromatic carbocycles. The third kappa shape index (κ3) is 3.55. The van der Waals surface area contributed by atoms with Crippen molar-refractivity contribution in [2.45, 2.75) is 5.33 Å². The second-order valence-corrected chi connectivity index (χ2v) is 4.88. The molecule has 19 heavy (non-hydrogen) atoms. The molecule has 98 valence electrons. The molecule has 0 aliphatic heterocycles. The lowest BCUT2D eigenvalue weighted by Gasteiger charge is -2.07. The SMILES string of the molecule is O=C(Nc1cccc(CBr)c1)c1ccc(F)cc1Cl. The van der Waals surface area contributed by atoms with Crippen LogP contribution in [0, 0.1) is 5.82 Å². The molecule has 2 aromatic rings. The van der Waals surface area contributed by atoms with Gasteiger partial charge in [-0.2, -0.15) is 0 Å². The van der Waals surface area contributed by atoms with Gasteiger partial charge in [-0.25, -0.2) is 4.39 Å². The van der Waals surface area contributed by atoms with Crippen molar-refractivity contribution in [1.82, 2.24) is 0 Å². The summed E-state index contributed by atoms with van der Waals surface area (Å²) in [5.74, 6) is -0.834. The number of amides is 1. The molecule has 0 aliphatic rings. The second kappa shape index (κ2) is 6.17. The third-order valence-electron chi connectivity index (χ3n) is 2.51. The maximum Gasteiger partial charge on any atom is 0.257 e. The predicted octanol–water partition coefficient (Wildman–Crippen LogP) is 4.63. The topological polar surface area (TPSA) is 29.1 Å². The lowest BCUT2D eigenvalue weighted by atomic mass is 10.2. The molecule has 1 amide bonds. The fraction of sp³-hybridized carbons (Fsp3) is 0.0714. The van der Waals surface area contributed by atoms with Crippen LogP contribution >= 0.6 is 27.5 Å². The molecule has 0 heterocycles. The summed E-state index contributed by atoms with van der Waals surface area (Å²) >= 11 is 9.19. The largest absolute Gasteiger partial charge is 0.322 e. The highest BCUT2D eigenvalue weighted by Gasteiger charge is 2.11. The number of hydrogen-bond donors (Lipinski definition) is 1. The zero-order valence-corrected chi connectivity index (χ0v) is 12.1. The number of carbonyl (C=O) groups is 1. The van der Waals surface area contributed by atoms with Gasteiger partial charge in [0.25, 0.3) is 5.91 Å². The molecule has 2 nitrogen and oxygen atoms in total. The van der Waals surface area contributed by atoms with Gasteiger partial charge in [-0.15, -0.1) is 0 Å². The van der Waals surface area contributed by atoms with E-state index in [1.807, 2.05) is 18.2 Å². The fourth-order valence-corrected chi connectivity index (χ4v) is 2.21. The Balaban J connectivity index is 2.20. The lowest BCUT2D eigenvalue weighted by Crippen LogP contribution is -2.12. The van der Waals surface area contributed by atoms with E-state index in [0.717, 1.165) is 11.6 Å². The van der Waals surface area contributed by atoms with Crippen molar-refractivity contribution >= 4 is 39.1 Å². The van der Waals surface area contributed by atoms with Crippen molar-refractivity contribution in [1.29, 1.82) is 0 Å². The molecule has 0 aliphatic carbocycles. The summed E-state index contributed by atoms with van der Waals surface area (Å²) in [6.45, 7) is 0. The van der Waals surface area contributed by atoms with Gasteiger partial charge in [-0.1, -0.05) is 39.7 Å². The summed E-state index contributed by atoms with van der Waals surface area (Å²) in [4.78, 5) is 12.0. The molecule has 0 radical (unpaired) electrons. The van der Waals surface area contributed by atoms with Crippen molar-refractivity contribution in [3.05, 3.63) is 64.4 Å². The molecular formula is C14H10BrClFNO. The summed E-state index contributed by atoms with van der Waals surface area (Å²) in [7, 11) is 0. The molecule has 0 saturated carbocycles. The quantitative estimate of drug-likeness (QED) is 0.810.